The second-order valence-corrected chi connectivity index (χ2v) is 5.40. The van der Waals surface area contributed by atoms with E-state index in [9.17, 15) is 9.90 Å². The van der Waals surface area contributed by atoms with Crippen LogP contribution in [-0.2, 0) is 4.79 Å². The molecule has 1 atom stereocenters. The van der Waals surface area contributed by atoms with Gasteiger partial charge in [0.1, 0.15) is 0 Å². The highest BCUT2D eigenvalue weighted by molar-refractivity contribution is 5.77. The molecule has 1 unspecified atom stereocenters. The number of imidazole rings is 1. The molecule has 0 aliphatic carbocycles. The van der Waals surface area contributed by atoms with Crippen LogP contribution in [0.4, 0.5) is 0 Å². The molecule has 1 aromatic heterocycles. The summed E-state index contributed by atoms with van der Waals surface area (Å²) >= 11 is 0. The van der Waals surface area contributed by atoms with Crippen LogP contribution in [0, 0.1) is 0 Å². The molecule has 1 aromatic rings. The predicted molar refractivity (Wildman–Crippen MR) is 68.0 cm³/mol. The van der Waals surface area contributed by atoms with E-state index in [1.54, 1.807) is 24.3 Å². The third kappa shape index (κ3) is 2.90. The van der Waals surface area contributed by atoms with Gasteiger partial charge in [0.25, 0.3) is 0 Å². The van der Waals surface area contributed by atoms with Crippen molar-refractivity contribution in [1.82, 2.24) is 14.5 Å². The highest BCUT2D eigenvalue weighted by Crippen LogP contribution is 2.24. The van der Waals surface area contributed by atoms with Crippen LogP contribution in [0.3, 0.4) is 0 Å². The van der Waals surface area contributed by atoms with E-state index in [-0.39, 0.29) is 11.9 Å². The Bertz CT molecular complexity index is 392. The van der Waals surface area contributed by atoms with Crippen molar-refractivity contribution in [1.29, 1.82) is 0 Å². The van der Waals surface area contributed by atoms with Gasteiger partial charge in [-0.3, -0.25) is 4.79 Å². The lowest BCUT2D eigenvalue weighted by molar-refractivity contribution is -0.153. The zero-order valence-corrected chi connectivity index (χ0v) is 11.0. The van der Waals surface area contributed by atoms with Crippen molar-refractivity contribution in [3.05, 3.63) is 18.7 Å². The van der Waals surface area contributed by atoms with Gasteiger partial charge in [-0.2, -0.15) is 0 Å². The number of rotatable bonds is 5. The largest absolute Gasteiger partial charge is 0.386 e. The Kier molecular flexibility index (Phi) is 3.71. The Hall–Kier alpha value is -1.36. The average molecular weight is 251 g/mol. The Morgan fingerprint density at radius 2 is 2.28 bits per heavy atom. The third-order valence-electron chi connectivity index (χ3n) is 3.39. The van der Waals surface area contributed by atoms with E-state index >= 15 is 0 Å². The van der Waals surface area contributed by atoms with E-state index in [0.29, 0.717) is 19.5 Å². The summed E-state index contributed by atoms with van der Waals surface area (Å²) in [5, 5.41) is 9.64. The quantitative estimate of drug-likeness (QED) is 0.855. The van der Waals surface area contributed by atoms with Gasteiger partial charge in [0.15, 0.2) is 0 Å². The fraction of sp³-hybridized carbons (Fsp3) is 0.692. The van der Waals surface area contributed by atoms with Gasteiger partial charge in [-0.1, -0.05) is 13.3 Å². The standard InChI is InChI=1S/C13H21N3O2/c1-3-4-11(15-6-5-14-10-15)7-12(17)16-8-13(2,18)9-16/h5-6,10-11,18H,3-4,7-9H2,1-2H3. The second-order valence-electron chi connectivity index (χ2n) is 5.40. The summed E-state index contributed by atoms with van der Waals surface area (Å²) < 4.78 is 2.00. The fourth-order valence-corrected chi connectivity index (χ4v) is 2.46. The molecule has 1 aliphatic rings. The minimum absolute atomic E-state index is 0.119. The highest BCUT2D eigenvalue weighted by atomic mass is 16.3. The molecule has 100 valence electrons. The number of aromatic nitrogens is 2. The van der Waals surface area contributed by atoms with Gasteiger partial charge >= 0.3 is 0 Å². The Morgan fingerprint density at radius 3 is 2.78 bits per heavy atom. The number of amides is 1. The summed E-state index contributed by atoms with van der Waals surface area (Å²) in [5.41, 5.74) is -0.690. The maximum atomic E-state index is 12.1. The smallest absolute Gasteiger partial charge is 0.224 e. The summed E-state index contributed by atoms with van der Waals surface area (Å²) in [5.74, 6) is 0.119. The molecule has 18 heavy (non-hydrogen) atoms. The molecule has 2 rings (SSSR count). The minimum Gasteiger partial charge on any atom is -0.386 e. The highest BCUT2D eigenvalue weighted by Gasteiger charge is 2.39. The second kappa shape index (κ2) is 5.10. The van der Waals surface area contributed by atoms with Gasteiger partial charge < -0.3 is 14.6 Å². The van der Waals surface area contributed by atoms with Gasteiger partial charge in [-0.15, -0.1) is 0 Å². The lowest BCUT2D eigenvalue weighted by Gasteiger charge is -2.44. The number of aliphatic hydroxyl groups is 1. The third-order valence-corrected chi connectivity index (χ3v) is 3.39. The number of nitrogens with zero attached hydrogens (tertiary/aromatic N) is 3. The molecule has 0 bridgehead atoms. The summed E-state index contributed by atoms with van der Waals surface area (Å²) in [6.07, 6.45) is 7.89. The van der Waals surface area contributed by atoms with Crippen molar-refractivity contribution >= 4 is 5.91 Å². The van der Waals surface area contributed by atoms with Crippen LogP contribution in [0.1, 0.15) is 39.2 Å². The lowest BCUT2D eigenvalue weighted by Crippen LogP contribution is -2.61. The Labute approximate surface area is 107 Å². The zero-order valence-electron chi connectivity index (χ0n) is 11.0. The molecule has 1 saturated heterocycles. The number of hydrogen-bond donors (Lipinski definition) is 1. The van der Waals surface area contributed by atoms with E-state index in [0.717, 1.165) is 12.8 Å². The molecule has 0 aromatic carbocycles. The van der Waals surface area contributed by atoms with Crippen molar-refractivity contribution in [2.75, 3.05) is 13.1 Å². The Morgan fingerprint density at radius 1 is 1.56 bits per heavy atom. The molecule has 0 radical (unpaired) electrons. The van der Waals surface area contributed by atoms with Crippen molar-refractivity contribution in [3.63, 3.8) is 0 Å². The molecule has 2 heterocycles. The van der Waals surface area contributed by atoms with E-state index in [1.165, 1.54) is 0 Å². The SMILES string of the molecule is CCCC(CC(=O)N1CC(C)(O)C1)n1ccnc1. The first-order chi connectivity index (χ1) is 8.52. The lowest BCUT2D eigenvalue weighted by atomic mass is 9.95. The fourth-order valence-electron chi connectivity index (χ4n) is 2.46. The predicted octanol–water partition coefficient (Wildman–Crippen LogP) is 1.21. The van der Waals surface area contributed by atoms with Crippen LogP contribution >= 0.6 is 0 Å². The molecule has 1 fully saturated rings. The van der Waals surface area contributed by atoms with E-state index < -0.39 is 5.60 Å². The van der Waals surface area contributed by atoms with Crippen molar-refractivity contribution in [3.8, 4) is 0 Å². The first-order valence-electron chi connectivity index (χ1n) is 6.49. The van der Waals surface area contributed by atoms with Gasteiger partial charge in [0.2, 0.25) is 5.91 Å². The number of carbonyl (C=O) groups is 1. The molecular weight excluding hydrogens is 230 g/mol. The summed E-state index contributed by atoms with van der Waals surface area (Å²) in [6.45, 7) is 4.78. The van der Waals surface area contributed by atoms with E-state index in [4.69, 9.17) is 0 Å². The first-order valence-corrected chi connectivity index (χ1v) is 6.49. The number of carbonyl (C=O) groups excluding carboxylic acids is 1. The van der Waals surface area contributed by atoms with Crippen LogP contribution in [-0.4, -0.2) is 44.2 Å². The van der Waals surface area contributed by atoms with E-state index in [1.807, 2.05) is 10.8 Å². The Balaban J connectivity index is 1.91. The van der Waals surface area contributed by atoms with Gasteiger partial charge in [0.05, 0.1) is 25.0 Å². The zero-order chi connectivity index (χ0) is 13.2. The molecule has 0 saturated carbocycles. The van der Waals surface area contributed by atoms with Crippen LogP contribution in [0.15, 0.2) is 18.7 Å². The maximum Gasteiger partial charge on any atom is 0.224 e. The number of likely N-dealkylation sites (tertiary alicyclic amines) is 1. The van der Waals surface area contributed by atoms with Crippen LogP contribution in [0.25, 0.3) is 0 Å². The van der Waals surface area contributed by atoms with Crippen LogP contribution in [0.5, 0.6) is 0 Å². The monoisotopic (exact) mass is 251 g/mol. The minimum atomic E-state index is -0.690. The number of hydrogen-bond acceptors (Lipinski definition) is 3. The molecular formula is C13H21N3O2. The summed E-state index contributed by atoms with van der Waals surface area (Å²) in [7, 11) is 0. The van der Waals surface area contributed by atoms with Crippen LogP contribution < -0.4 is 0 Å². The van der Waals surface area contributed by atoms with Gasteiger partial charge in [-0.25, -0.2) is 4.98 Å². The topological polar surface area (TPSA) is 58.4 Å². The van der Waals surface area contributed by atoms with Gasteiger partial charge in [0, 0.05) is 24.9 Å². The summed E-state index contributed by atoms with van der Waals surface area (Å²) in [4.78, 5) is 17.8. The molecule has 1 N–H and O–H groups in total. The molecule has 5 heteroatoms. The maximum absolute atomic E-state index is 12.1. The van der Waals surface area contributed by atoms with Crippen molar-refractivity contribution < 1.29 is 9.90 Å². The van der Waals surface area contributed by atoms with Crippen molar-refractivity contribution in [2.24, 2.45) is 0 Å². The molecule has 1 aliphatic heterocycles. The molecule has 5 nitrogen and oxygen atoms in total. The van der Waals surface area contributed by atoms with Crippen molar-refractivity contribution in [2.45, 2.75) is 44.8 Å². The molecule has 0 spiro atoms. The number of β-amino-alcohol motifs (C(OH)–C–C–N with tert-alkyl or cyclic N) is 1. The first kappa shape index (κ1) is 13.1. The molecule has 1 amide bonds. The van der Waals surface area contributed by atoms with E-state index in [2.05, 4.69) is 11.9 Å². The normalized spacial score (nSPS) is 19.4. The average Bonchev–Trinajstić information content (AvgIpc) is 2.78. The van der Waals surface area contributed by atoms with Crippen LogP contribution in [0.2, 0.25) is 0 Å². The summed E-state index contributed by atoms with van der Waals surface area (Å²) in [6, 6.07) is 0.176. The van der Waals surface area contributed by atoms with Gasteiger partial charge in [-0.05, 0) is 13.3 Å².